The fourth-order valence-corrected chi connectivity index (χ4v) is 3.25. The molecule has 2 aromatic carbocycles. The summed E-state index contributed by atoms with van der Waals surface area (Å²) in [4.78, 5) is 53.1. The molecule has 0 saturated carbocycles. The van der Waals surface area contributed by atoms with Gasteiger partial charge in [-0.15, -0.1) is 0 Å². The molecule has 0 aliphatic carbocycles. The van der Waals surface area contributed by atoms with E-state index < -0.39 is 44.7 Å². The Morgan fingerprint density at radius 3 is 2.00 bits per heavy atom. The molecular formula is C18H11Cl3N8O6. The van der Waals surface area contributed by atoms with Gasteiger partial charge in [-0.3, -0.25) is 51.5 Å². The van der Waals surface area contributed by atoms with Crippen molar-refractivity contribution in [2.75, 3.05) is 10.9 Å². The highest BCUT2D eigenvalue weighted by Crippen LogP contribution is 2.29. The molecule has 0 radical (unpaired) electrons. The molecule has 0 atom stereocenters. The van der Waals surface area contributed by atoms with E-state index in [1.165, 1.54) is 24.3 Å². The average Bonchev–Trinajstić information content (AvgIpc) is 2.80. The molecular weight excluding hydrogens is 531 g/mol. The Labute approximate surface area is 209 Å². The van der Waals surface area contributed by atoms with Crippen molar-refractivity contribution in [3.63, 3.8) is 0 Å². The van der Waals surface area contributed by atoms with Crippen LogP contribution in [0.3, 0.4) is 0 Å². The molecule has 0 spiro atoms. The normalized spacial score (nSPS) is 10.3. The Hall–Kier alpha value is -4.27. The molecule has 17 heteroatoms. The van der Waals surface area contributed by atoms with E-state index in [9.17, 15) is 29.8 Å². The highest BCUT2D eigenvalue weighted by Gasteiger charge is 2.25. The molecule has 180 valence electrons. The molecule has 4 N–H and O–H groups in total. The van der Waals surface area contributed by atoms with Crippen LogP contribution in [0.1, 0.15) is 20.7 Å². The smallest absolute Gasteiger partial charge is 0.276 e. The maximum absolute atomic E-state index is 12.4. The first-order valence-corrected chi connectivity index (χ1v) is 10.2. The topological polar surface area (TPSA) is 194 Å². The monoisotopic (exact) mass is 540 g/mol. The lowest BCUT2D eigenvalue weighted by molar-refractivity contribution is -0.384. The maximum Gasteiger partial charge on any atom is 0.356 e. The third-order valence-electron chi connectivity index (χ3n) is 4.17. The number of carbonyl (C=O) groups is 2. The van der Waals surface area contributed by atoms with Gasteiger partial charge in [-0.1, -0.05) is 34.8 Å². The molecule has 0 aliphatic rings. The van der Waals surface area contributed by atoms with Crippen LogP contribution in [-0.4, -0.2) is 31.6 Å². The van der Waals surface area contributed by atoms with Gasteiger partial charge in [0.1, 0.15) is 11.3 Å². The van der Waals surface area contributed by atoms with Crippen LogP contribution in [0, 0.1) is 20.2 Å². The average molecular weight is 542 g/mol. The Bertz CT molecular complexity index is 1360. The van der Waals surface area contributed by atoms with Crippen molar-refractivity contribution in [2.45, 2.75) is 0 Å². The Balaban J connectivity index is 1.76. The minimum atomic E-state index is -0.877. The number of nitrogens with zero attached hydrogens (tertiary/aromatic N) is 4. The van der Waals surface area contributed by atoms with E-state index in [1.807, 2.05) is 0 Å². The zero-order chi connectivity index (χ0) is 25.7. The quantitative estimate of drug-likeness (QED) is 0.241. The second-order valence-corrected chi connectivity index (χ2v) is 7.63. The molecule has 0 bridgehead atoms. The largest absolute Gasteiger partial charge is 0.356 e. The molecule has 0 unspecified atom stereocenters. The summed E-state index contributed by atoms with van der Waals surface area (Å²) in [7, 11) is 0. The highest BCUT2D eigenvalue weighted by atomic mass is 35.5. The number of aromatic nitrogens is 2. The molecule has 1 heterocycles. The number of nitro benzene ring substituents is 1. The van der Waals surface area contributed by atoms with Crippen molar-refractivity contribution >= 4 is 69.6 Å². The summed E-state index contributed by atoms with van der Waals surface area (Å²) in [5.74, 6) is -2.50. The van der Waals surface area contributed by atoms with Gasteiger partial charge in [0, 0.05) is 16.7 Å². The Morgan fingerprint density at radius 2 is 1.43 bits per heavy atom. The first-order chi connectivity index (χ1) is 16.6. The Morgan fingerprint density at radius 1 is 0.800 bits per heavy atom. The van der Waals surface area contributed by atoms with E-state index in [2.05, 4.69) is 31.7 Å². The predicted octanol–water partition coefficient (Wildman–Crippen LogP) is 3.77. The summed E-state index contributed by atoms with van der Waals surface area (Å²) in [6.07, 6.45) is 0.915. The second-order valence-electron chi connectivity index (χ2n) is 6.38. The van der Waals surface area contributed by atoms with Crippen LogP contribution >= 0.6 is 34.8 Å². The highest BCUT2D eigenvalue weighted by molar-refractivity contribution is 6.36. The van der Waals surface area contributed by atoms with Crippen LogP contribution in [-0.2, 0) is 0 Å². The van der Waals surface area contributed by atoms with Gasteiger partial charge in [-0.2, -0.15) is 0 Å². The lowest BCUT2D eigenvalue weighted by Gasteiger charge is -2.12. The van der Waals surface area contributed by atoms with E-state index in [4.69, 9.17) is 34.8 Å². The van der Waals surface area contributed by atoms with Crippen LogP contribution < -0.4 is 21.7 Å². The number of halogens is 3. The Kier molecular flexibility index (Phi) is 7.80. The van der Waals surface area contributed by atoms with Crippen molar-refractivity contribution < 1.29 is 19.4 Å². The van der Waals surface area contributed by atoms with Crippen LogP contribution in [0.4, 0.5) is 23.0 Å². The van der Waals surface area contributed by atoms with E-state index in [-0.39, 0.29) is 21.2 Å². The molecule has 35 heavy (non-hydrogen) atoms. The van der Waals surface area contributed by atoms with E-state index in [0.29, 0.717) is 5.02 Å². The zero-order valence-corrected chi connectivity index (χ0v) is 19.2. The third kappa shape index (κ3) is 6.00. The molecule has 3 aromatic rings. The number of rotatable bonds is 8. The zero-order valence-electron chi connectivity index (χ0n) is 16.9. The molecule has 0 saturated heterocycles. The minimum absolute atomic E-state index is 0.0305. The molecule has 1 aromatic heterocycles. The van der Waals surface area contributed by atoms with Crippen molar-refractivity contribution in [2.24, 2.45) is 0 Å². The summed E-state index contributed by atoms with van der Waals surface area (Å²) in [5.41, 5.74) is 7.51. The maximum atomic E-state index is 12.4. The number of anilines is 2. The number of amides is 2. The number of hydrogen-bond donors (Lipinski definition) is 4. The van der Waals surface area contributed by atoms with Crippen LogP contribution in [0.5, 0.6) is 0 Å². The van der Waals surface area contributed by atoms with Crippen molar-refractivity contribution in [3.8, 4) is 0 Å². The van der Waals surface area contributed by atoms with Gasteiger partial charge in [0.25, 0.3) is 17.5 Å². The lowest BCUT2D eigenvalue weighted by atomic mass is 10.2. The number of nitro groups is 2. The SMILES string of the molecule is O=C(NNc1ncnc(NNC(=O)c2ccc(Cl)cc2Cl)c1[N+](=O)[O-])c1ccc(Cl)c([N+](=O)[O-])c1. The predicted molar refractivity (Wildman–Crippen MR) is 125 cm³/mol. The molecule has 14 nitrogen and oxygen atoms in total. The number of hydrogen-bond acceptors (Lipinski definition) is 10. The molecule has 0 fully saturated rings. The van der Waals surface area contributed by atoms with Crippen molar-refractivity contribution in [1.82, 2.24) is 20.8 Å². The van der Waals surface area contributed by atoms with Crippen LogP contribution in [0.25, 0.3) is 0 Å². The number of benzene rings is 2. The van der Waals surface area contributed by atoms with Crippen molar-refractivity contribution in [3.05, 3.63) is 89.1 Å². The first-order valence-electron chi connectivity index (χ1n) is 9.09. The van der Waals surface area contributed by atoms with Gasteiger partial charge in [0.2, 0.25) is 11.6 Å². The molecule has 2 amide bonds. The third-order valence-corrected chi connectivity index (χ3v) is 5.04. The second kappa shape index (κ2) is 10.8. The van der Waals surface area contributed by atoms with Crippen LogP contribution in [0.15, 0.2) is 42.7 Å². The summed E-state index contributed by atoms with van der Waals surface area (Å²) < 4.78 is 0. The number of hydrazine groups is 2. The van der Waals surface area contributed by atoms with Gasteiger partial charge >= 0.3 is 5.69 Å². The summed E-state index contributed by atoms with van der Waals surface area (Å²) >= 11 is 17.5. The van der Waals surface area contributed by atoms with E-state index >= 15 is 0 Å². The van der Waals surface area contributed by atoms with E-state index in [0.717, 1.165) is 18.5 Å². The number of nitrogens with one attached hydrogen (secondary N) is 4. The van der Waals surface area contributed by atoms with Crippen molar-refractivity contribution in [1.29, 1.82) is 0 Å². The minimum Gasteiger partial charge on any atom is -0.276 e. The number of carbonyl (C=O) groups excluding carboxylic acids is 2. The summed E-state index contributed by atoms with van der Waals surface area (Å²) in [6.45, 7) is 0. The van der Waals surface area contributed by atoms with E-state index in [1.54, 1.807) is 0 Å². The fourth-order valence-electron chi connectivity index (χ4n) is 2.57. The molecule has 0 aliphatic heterocycles. The summed E-state index contributed by atoms with van der Waals surface area (Å²) in [6, 6.07) is 7.41. The lowest BCUT2D eigenvalue weighted by Crippen LogP contribution is -2.32. The molecule has 3 rings (SSSR count). The van der Waals surface area contributed by atoms with Gasteiger partial charge in [0.05, 0.1) is 20.4 Å². The van der Waals surface area contributed by atoms with Crippen LogP contribution in [0.2, 0.25) is 15.1 Å². The standard InChI is InChI=1S/C18H11Cl3N8O6/c19-9-2-3-10(12(21)6-9)18(31)27-25-16-14(29(34)35)15(22-7-23-16)24-26-17(30)8-1-4-11(20)13(5-8)28(32)33/h1-7H,(H,26,30)(H,27,31)(H2,22,23,24,25). The first kappa shape index (κ1) is 25.4. The summed E-state index contributed by atoms with van der Waals surface area (Å²) in [5, 5.41) is 22.8. The van der Waals surface area contributed by atoms with Gasteiger partial charge in [-0.05, 0) is 30.3 Å². The fraction of sp³-hybridized carbons (Fsp3) is 0. The van der Waals surface area contributed by atoms with Gasteiger partial charge in [0.15, 0.2) is 0 Å². The van der Waals surface area contributed by atoms with Gasteiger partial charge < -0.3 is 0 Å². The van der Waals surface area contributed by atoms with Gasteiger partial charge in [-0.25, -0.2) is 9.97 Å².